The average Bonchev–Trinajstić information content (AvgIpc) is 2.57. The molecule has 0 unspecified atom stereocenters. The Morgan fingerprint density at radius 2 is 2.11 bits per heavy atom. The molecule has 1 aromatic carbocycles. The minimum Gasteiger partial charge on any atom is -0.480 e. The van der Waals surface area contributed by atoms with E-state index >= 15 is 0 Å². The number of rotatable bonds is 1. The molecular weight excluding hydrogens is 232 g/mol. The minimum atomic E-state index is -0.999. The molecule has 0 aliphatic carbocycles. The summed E-state index contributed by atoms with van der Waals surface area (Å²) in [5.41, 5.74) is 2.69. The van der Waals surface area contributed by atoms with Crippen molar-refractivity contribution < 1.29 is 14.7 Å². The minimum absolute atomic E-state index is 0.202. The van der Waals surface area contributed by atoms with Crippen LogP contribution in [0.5, 0.6) is 0 Å². The molecule has 1 aromatic heterocycles. The Morgan fingerprint density at radius 3 is 2.89 bits per heavy atom. The molecule has 1 atom stereocenters. The molecule has 1 aliphatic heterocycles. The number of amides is 1. The third kappa shape index (κ3) is 1.64. The van der Waals surface area contributed by atoms with Gasteiger partial charge in [0.05, 0.1) is 6.42 Å². The predicted molar refractivity (Wildman–Crippen MR) is 65.3 cm³/mol. The first kappa shape index (κ1) is 10.8. The summed E-state index contributed by atoms with van der Waals surface area (Å²) in [6.45, 7) is 0. The number of hydrogen-bond acceptors (Lipinski definition) is 2. The first-order chi connectivity index (χ1) is 8.65. The number of para-hydroxylation sites is 1. The zero-order valence-electron chi connectivity index (χ0n) is 9.56. The highest BCUT2D eigenvalue weighted by Crippen LogP contribution is 2.25. The van der Waals surface area contributed by atoms with Crippen LogP contribution in [0, 0.1) is 0 Å². The fourth-order valence-corrected chi connectivity index (χ4v) is 2.45. The SMILES string of the molecule is O=C1Cc2[nH]c3ccccc3c2C[C@@H](C(=O)O)N1. The van der Waals surface area contributed by atoms with Crippen LogP contribution in [0.4, 0.5) is 0 Å². The molecule has 5 nitrogen and oxygen atoms in total. The second-order valence-electron chi connectivity index (χ2n) is 4.47. The van der Waals surface area contributed by atoms with Gasteiger partial charge in [0.1, 0.15) is 6.04 Å². The van der Waals surface area contributed by atoms with Crippen molar-refractivity contribution in [2.24, 2.45) is 0 Å². The van der Waals surface area contributed by atoms with Crippen LogP contribution >= 0.6 is 0 Å². The number of hydrogen-bond donors (Lipinski definition) is 3. The molecule has 2 heterocycles. The fourth-order valence-electron chi connectivity index (χ4n) is 2.45. The molecule has 92 valence electrons. The van der Waals surface area contributed by atoms with Crippen molar-refractivity contribution in [1.29, 1.82) is 0 Å². The number of carbonyl (C=O) groups excluding carboxylic acids is 1. The van der Waals surface area contributed by atoms with Crippen LogP contribution in [0.15, 0.2) is 24.3 Å². The van der Waals surface area contributed by atoms with Crippen molar-refractivity contribution in [2.75, 3.05) is 0 Å². The number of aromatic amines is 1. The average molecular weight is 244 g/mol. The predicted octanol–water partition coefficient (Wildman–Crippen LogP) is 0.836. The smallest absolute Gasteiger partial charge is 0.326 e. The third-order valence-corrected chi connectivity index (χ3v) is 3.28. The zero-order valence-corrected chi connectivity index (χ0v) is 9.56. The summed E-state index contributed by atoms with van der Waals surface area (Å²) in [5.74, 6) is -1.26. The third-order valence-electron chi connectivity index (χ3n) is 3.28. The van der Waals surface area contributed by atoms with E-state index < -0.39 is 12.0 Å². The van der Waals surface area contributed by atoms with Gasteiger partial charge < -0.3 is 15.4 Å². The highest BCUT2D eigenvalue weighted by Gasteiger charge is 2.28. The standard InChI is InChI=1S/C13H12N2O3/c16-12-6-10-8(5-11(15-12)13(17)18)7-3-1-2-4-9(7)14-10/h1-4,11,14H,5-6H2,(H,15,16)(H,17,18)/t11-/m0/s1. The molecule has 0 radical (unpaired) electrons. The molecular formula is C13H12N2O3. The van der Waals surface area contributed by atoms with E-state index in [0.717, 1.165) is 22.2 Å². The molecule has 1 amide bonds. The molecule has 3 rings (SSSR count). The Hall–Kier alpha value is -2.30. The monoisotopic (exact) mass is 244 g/mol. The number of nitrogens with one attached hydrogen (secondary N) is 2. The Labute approximate surface area is 103 Å². The first-order valence-corrected chi connectivity index (χ1v) is 5.76. The highest BCUT2D eigenvalue weighted by molar-refractivity contribution is 5.91. The van der Waals surface area contributed by atoms with Crippen LogP contribution in [-0.2, 0) is 22.4 Å². The maximum atomic E-state index is 11.6. The lowest BCUT2D eigenvalue weighted by atomic mass is 10.0. The van der Waals surface area contributed by atoms with Crippen molar-refractivity contribution in [1.82, 2.24) is 10.3 Å². The van der Waals surface area contributed by atoms with Gasteiger partial charge in [-0.1, -0.05) is 18.2 Å². The van der Waals surface area contributed by atoms with E-state index in [1.54, 1.807) is 0 Å². The van der Waals surface area contributed by atoms with Gasteiger partial charge in [0.2, 0.25) is 5.91 Å². The van der Waals surface area contributed by atoms with Gasteiger partial charge in [0, 0.05) is 23.0 Å². The van der Waals surface area contributed by atoms with E-state index in [-0.39, 0.29) is 12.3 Å². The lowest BCUT2D eigenvalue weighted by Crippen LogP contribution is -2.41. The zero-order chi connectivity index (χ0) is 12.7. The van der Waals surface area contributed by atoms with E-state index in [9.17, 15) is 9.59 Å². The van der Waals surface area contributed by atoms with Crippen LogP contribution in [0.3, 0.4) is 0 Å². The quantitative estimate of drug-likeness (QED) is 0.695. The lowest BCUT2D eigenvalue weighted by Gasteiger charge is -2.10. The van der Waals surface area contributed by atoms with E-state index in [1.807, 2.05) is 24.3 Å². The number of aromatic nitrogens is 1. The van der Waals surface area contributed by atoms with Crippen molar-refractivity contribution in [3.63, 3.8) is 0 Å². The molecule has 5 heteroatoms. The lowest BCUT2D eigenvalue weighted by molar-refractivity contribution is -0.141. The number of carbonyl (C=O) groups is 2. The topological polar surface area (TPSA) is 82.2 Å². The van der Waals surface area contributed by atoms with E-state index in [4.69, 9.17) is 5.11 Å². The number of fused-ring (bicyclic) bond motifs is 3. The summed E-state index contributed by atoms with van der Waals surface area (Å²) in [5, 5.41) is 12.6. The van der Waals surface area contributed by atoms with Gasteiger partial charge in [-0.2, -0.15) is 0 Å². The molecule has 0 saturated heterocycles. The van der Waals surface area contributed by atoms with Gasteiger partial charge in [0.15, 0.2) is 0 Å². The van der Waals surface area contributed by atoms with Crippen LogP contribution in [0.25, 0.3) is 10.9 Å². The van der Waals surface area contributed by atoms with Gasteiger partial charge >= 0.3 is 5.97 Å². The van der Waals surface area contributed by atoms with Gasteiger partial charge in [0.25, 0.3) is 0 Å². The Balaban J connectivity index is 2.15. The summed E-state index contributed by atoms with van der Waals surface area (Å²) in [6, 6.07) is 6.84. The summed E-state index contributed by atoms with van der Waals surface area (Å²) >= 11 is 0. The number of benzene rings is 1. The summed E-state index contributed by atoms with van der Waals surface area (Å²) in [4.78, 5) is 25.9. The van der Waals surface area contributed by atoms with Crippen molar-refractivity contribution in [2.45, 2.75) is 18.9 Å². The number of carboxylic acid groups (broad SMARTS) is 1. The summed E-state index contributed by atoms with van der Waals surface area (Å²) in [7, 11) is 0. The molecule has 0 saturated carbocycles. The normalized spacial score (nSPS) is 19.1. The Morgan fingerprint density at radius 1 is 1.33 bits per heavy atom. The Kier molecular flexibility index (Phi) is 2.33. The first-order valence-electron chi connectivity index (χ1n) is 5.76. The summed E-state index contributed by atoms with van der Waals surface area (Å²) in [6.07, 6.45) is 0.522. The number of carboxylic acids is 1. The summed E-state index contributed by atoms with van der Waals surface area (Å²) < 4.78 is 0. The number of aliphatic carboxylic acids is 1. The van der Waals surface area contributed by atoms with E-state index in [0.29, 0.717) is 6.42 Å². The fraction of sp³-hybridized carbons (Fsp3) is 0.231. The Bertz CT molecular complexity index is 645. The van der Waals surface area contributed by atoms with Crippen LogP contribution in [0.2, 0.25) is 0 Å². The van der Waals surface area contributed by atoms with E-state index in [1.165, 1.54) is 0 Å². The van der Waals surface area contributed by atoms with Crippen molar-refractivity contribution in [3.8, 4) is 0 Å². The molecule has 2 aromatic rings. The van der Waals surface area contributed by atoms with Crippen molar-refractivity contribution >= 4 is 22.8 Å². The van der Waals surface area contributed by atoms with Gasteiger partial charge in [-0.15, -0.1) is 0 Å². The van der Waals surface area contributed by atoms with Gasteiger partial charge in [-0.3, -0.25) is 4.79 Å². The largest absolute Gasteiger partial charge is 0.480 e. The molecule has 0 spiro atoms. The molecule has 0 fully saturated rings. The van der Waals surface area contributed by atoms with Gasteiger partial charge in [-0.05, 0) is 11.6 Å². The van der Waals surface area contributed by atoms with Gasteiger partial charge in [-0.25, -0.2) is 4.79 Å². The van der Waals surface area contributed by atoms with E-state index in [2.05, 4.69) is 10.3 Å². The molecule has 18 heavy (non-hydrogen) atoms. The molecule has 3 N–H and O–H groups in total. The second kappa shape index (κ2) is 3.87. The molecule has 1 aliphatic rings. The second-order valence-corrected chi connectivity index (χ2v) is 4.47. The van der Waals surface area contributed by atoms with Crippen LogP contribution in [0.1, 0.15) is 11.3 Å². The van der Waals surface area contributed by atoms with Crippen molar-refractivity contribution in [3.05, 3.63) is 35.5 Å². The van der Waals surface area contributed by atoms with Crippen LogP contribution < -0.4 is 5.32 Å². The van der Waals surface area contributed by atoms with Crippen LogP contribution in [-0.4, -0.2) is 28.0 Å². The highest BCUT2D eigenvalue weighted by atomic mass is 16.4. The number of H-pyrrole nitrogens is 1. The maximum Gasteiger partial charge on any atom is 0.326 e. The molecule has 0 bridgehead atoms. The maximum absolute atomic E-state index is 11.6.